The number of hydrogen-bond acceptors (Lipinski definition) is 5. The van der Waals surface area contributed by atoms with Crippen molar-refractivity contribution in [1.82, 2.24) is 9.62 Å². The second-order valence-electron chi connectivity index (χ2n) is 5.97. The van der Waals surface area contributed by atoms with Crippen LogP contribution in [0.4, 0.5) is 5.69 Å². The SMILES string of the molecule is Nc1cccc(C(=O)NCc2ccc(S(=O)(=O)N3CCOCC3)cc2)c1. The number of nitrogens with zero attached hydrogens (tertiary/aromatic N) is 1. The Kier molecular flexibility index (Phi) is 5.55. The normalized spacial score (nSPS) is 15.5. The zero-order valence-electron chi connectivity index (χ0n) is 14.2. The highest BCUT2D eigenvalue weighted by atomic mass is 32.2. The Hall–Kier alpha value is -2.42. The second kappa shape index (κ2) is 7.86. The first kappa shape index (κ1) is 18.4. The van der Waals surface area contributed by atoms with E-state index >= 15 is 0 Å². The predicted molar refractivity (Wildman–Crippen MR) is 98.0 cm³/mol. The number of rotatable bonds is 5. The minimum absolute atomic E-state index is 0.234. The third-order valence-electron chi connectivity index (χ3n) is 4.13. The van der Waals surface area contributed by atoms with Gasteiger partial charge in [0.2, 0.25) is 10.0 Å². The van der Waals surface area contributed by atoms with Gasteiger partial charge < -0.3 is 15.8 Å². The number of amides is 1. The fourth-order valence-electron chi connectivity index (χ4n) is 2.68. The van der Waals surface area contributed by atoms with Crippen LogP contribution in [0.5, 0.6) is 0 Å². The summed E-state index contributed by atoms with van der Waals surface area (Å²) in [6, 6.07) is 13.2. The minimum atomic E-state index is -3.51. The highest BCUT2D eigenvalue weighted by Crippen LogP contribution is 2.17. The molecule has 0 bridgehead atoms. The van der Waals surface area contributed by atoms with Crippen LogP contribution in [0, 0.1) is 0 Å². The quantitative estimate of drug-likeness (QED) is 0.765. The Morgan fingerprint density at radius 3 is 2.46 bits per heavy atom. The minimum Gasteiger partial charge on any atom is -0.399 e. The first-order valence-electron chi connectivity index (χ1n) is 8.27. The summed E-state index contributed by atoms with van der Waals surface area (Å²) in [4.78, 5) is 12.4. The van der Waals surface area contributed by atoms with E-state index in [0.717, 1.165) is 5.56 Å². The molecule has 1 amide bonds. The Bertz CT molecular complexity index is 876. The number of carbonyl (C=O) groups is 1. The van der Waals surface area contributed by atoms with Gasteiger partial charge >= 0.3 is 0 Å². The molecule has 1 aliphatic heterocycles. The summed E-state index contributed by atoms with van der Waals surface area (Å²) in [7, 11) is -3.51. The van der Waals surface area contributed by atoms with E-state index in [1.54, 1.807) is 48.5 Å². The van der Waals surface area contributed by atoms with Crippen LogP contribution in [-0.4, -0.2) is 44.9 Å². The largest absolute Gasteiger partial charge is 0.399 e. The molecule has 0 unspecified atom stereocenters. The van der Waals surface area contributed by atoms with Crippen molar-refractivity contribution in [3.63, 3.8) is 0 Å². The molecule has 0 spiro atoms. The average molecular weight is 375 g/mol. The molecule has 0 atom stereocenters. The number of nitrogens with two attached hydrogens (primary N) is 1. The maximum atomic E-state index is 12.6. The number of hydrogen-bond donors (Lipinski definition) is 2. The first-order valence-corrected chi connectivity index (χ1v) is 9.71. The number of nitrogen functional groups attached to an aromatic ring is 1. The highest BCUT2D eigenvalue weighted by Gasteiger charge is 2.26. The number of ether oxygens (including phenoxy) is 1. The molecular formula is C18H21N3O4S. The average Bonchev–Trinajstić information content (AvgIpc) is 2.67. The fraction of sp³-hybridized carbons (Fsp3) is 0.278. The van der Waals surface area contributed by atoms with Gasteiger partial charge in [-0.3, -0.25) is 4.79 Å². The number of carbonyl (C=O) groups excluding carboxylic acids is 1. The van der Waals surface area contributed by atoms with Crippen LogP contribution < -0.4 is 11.1 Å². The summed E-state index contributed by atoms with van der Waals surface area (Å²) >= 11 is 0. The molecule has 0 aliphatic carbocycles. The van der Waals surface area contributed by atoms with Gasteiger partial charge in [0.05, 0.1) is 18.1 Å². The van der Waals surface area contributed by atoms with Gasteiger partial charge in [0.1, 0.15) is 0 Å². The molecule has 138 valence electrons. The van der Waals surface area contributed by atoms with Crippen LogP contribution >= 0.6 is 0 Å². The molecule has 0 saturated carbocycles. The van der Waals surface area contributed by atoms with Crippen LogP contribution in [0.2, 0.25) is 0 Å². The van der Waals surface area contributed by atoms with Gasteiger partial charge in [0.25, 0.3) is 5.91 Å². The number of nitrogens with one attached hydrogen (secondary N) is 1. The zero-order valence-corrected chi connectivity index (χ0v) is 15.0. The predicted octanol–water partition coefficient (Wildman–Crippen LogP) is 1.22. The Morgan fingerprint density at radius 2 is 1.81 bits per heavy atom. The lowest BCUT2D eigenvalue weighted by Gasteiger charge is -2.26. The van der Waals surface area contributed by atoms with Gasteiger partial charge in [-0.25, -0.2) is 8.42 Å². The van der Waals surface area contributed by atoms with Crippen LogP contribution in [0.15, 0.2) is 53.4 Å². The van der Waals surface area contributed by atoms with Crippen molar-refractivity contribution >= 4 is 21.6 Å². The summed E-state index contributed by atoms with van der Waals surface area (Å²) < 4.78 is 31.8. The van der Waals surface area contributed by atoms with E-state index in [1.165, 1.54) is 4.31 Å². The molecule has 3 rings (SSSR count). The molecule has 7 nitrogen and oxygen atoms in total. The third kappa shape index (κ3) is 4.21. The molecule has 2 aromatic carbocycles. The van der Waals surface area contributed by atoms with Crippen LogP contribution in [0.25, 0.3) is 0 Å². The molecule has 1 heterocycles. The topological polar surface area (TPSA) is 102 Å². The van der Waals surface area contributed by atoms with E-state index in [4.69, 9.17) is 10.5 Å². The van der Waals surface area contributed by atoms with Crippen LogP contribution in [-0.2, 0) is 21.3 Å². The zero-order chi connectivity index (χ0) is 18.6. The van der Waals surface area contributed by atoms with E-state index in [2.05, 4.69) is 5.32 Å². The van der Waals surface area contributed by atoms with Crippen molar-refractivity contribution < 1.29 is 17.9 Å². The van der Waals surface area contributed by atoms with Crippen molar-refractivity contribution in [2.45, 2.75) is 11.4 Å². The molecule has 1 aliphatic rings. The lowest BCUT2D eigenvalue weighted by molar-refractivity contribution is 0.0730. The molecule has 0 radical (unpaired) electrons. The van der Waals surface area contributed by atoms with Gasteiger partial charge in [0.15, 0.2) is 0 Å². The maximum absolute atomic E-state index is 12.6. The highest BCUT2D eigenvalue weighted by molar-refractivity contribution is 7.89. The summed E-state index contributed by atoms with van der Waals surface area (Å²) in [5.74, 6) is -0.234. The third-order valence-corrected chi connectivity index (χ3v) is 6.05. The Balaban J connectivity index is 1.63. The molecule has 1 fully saturated rings. The van der Waals surface area contributed by atoms with E-state index in [0.29, 0.717) is 44.1 Å². The van der Waals surface area contributed by atoms with Gasteiger partial charge in [-0.2, -0.15) is 4.31 Å². The van der Waals surface area contributed by atoms with Gasteiger partial charge in [-0.15, -0.1) is 0 Å². The number of anilines is 1. The van der Waals surface area contributed by atoms with Crippen molar-refractivity contribution in [3.05, 3.63) is 59.7 Å². The summed E-state index contributed by atoms with van der Waals surface area (Å²) in [6.07, 6.45) is 0. The van der Waals surface area contributed by atoms with Crippen molar-refractivity contribution in [2.24, 2.45) is 0 Å². The molecule has 8 heteroatoms. The second-order valence-corrected chi connectivity index (χ2v) is 7.91. The van der Waals surface area contributed by atoms with E-state index < -0.39 is 10.0 Å². The monoisotopic (exact) mass is 375 g/mol. The van der Waals surface area contributed by atoms with E-state index in [-0.39, 0.29) is 10.8 Å². The van der Waals surface area contributed by atoms with E-state index in [1.807, 2.05) is 0 Å². The summed E-state index contributed by atoms with van der Waals surface area (Å²) in [5.41, 5.74) is 7.49. The molecular weight excluding hydrogens is 354 g/mol. The first-order chi connectivity index (χ1) is 12.5. The molecule has 2 aromatic rings. The summed E-state index contributed by atoms with van der Waals surface area (Å²) in [5, 5.41) is 2.79. The van der Waals surface area contributed by atoms with Crippen molar-refractivity contribution in [3.8, 4) is 0 Å². The van der Waals surface area contributed by atoms with Gasteiger partial charge in [0, 0.05) is 30.9 Å². The lowest BCUT2D eigenvalue weighted by atomic mass is 10.2. The summed E-state index contributed by atoms with van der Waals surface area (Å²) in [6.45, 7) is 1.84. The Labute approximate surface area is 152 Å². The van der Waals surface area contributed by atoms with Crippen LogP contribution in [0.1, 0.15) is 15.9 Å². The van der Waals surface area contributed by atoms with Crippen molar-refractivity contribution in [1.29, 1.82) is 0 Å². The number of benzene rings is 2. The van der Waals surface area contributed by atoms with Gasteiger partial charge in [-0.05, 0) is 35.9 Å². The number of sulfonamides is 1. The standard InChI is InChI=1S/C18H21N3O4S/c19-16-3-1-2-15(12-16)18(22)20-13-14-4-6-17(7-5-14)26(23,24)21-8-10-25-11-9-21/h1-7,12H,8-11,13,19H2,(H,20,22). The molecule has 26 heavy (non-hydrogen) atoms. The maximum Gasteiger partial charge on any atom is 0.251 e. The van der Waals surface area contributed by atoms with Gasteiger partial charge in [-0.1, -0.05) is 18.2 Å². The molecule has 0 aromatic heterocycles. The molecule has 1 saturated heterocycles. The smallest absolute Gasteiger partial charge is 0.251 e. The van der Waals surface area contributed by atoms with Crippen LogP contribution in [0.3, 0.4) is 0 Å². The van der Waals surface area contributed by atoms with Crippen molar-refractivity contribution in [2.75, 3.05) is 32.0 Å². The Morgan fingerprint density at radius 1 is 1.12 bits per heavy atom. The fourth-order valence-corrected chi connectivity index (χ4v) is 4.09. The van der Waals surface area contributed by atoms with E-state index in [9.17, 15) is 13.2 Å². The number of morpholine rings is 1. The molecule has 3 N–H and O–H groups in total. The lowest BCUT2D eigenvalue weighted by Crippen LogP contribution is -2.40.